The molecule has 2 rings (SSSR count). The molecule has 1 N–H and O–H groups in total. The molecule has 1 aliphatic rings. The fourth-order valence-corrected chi connectivity index (χ4v) is 3.79. The Morgan fingerprint density at radius 1 is 1.38 bits per heavy atom. The van der Waals surface area contributed by atoms with E-state index in [1.165, 1.54) is 38.9 Å². The van der Waals surface area contributed by atoms with E-state index in [9.17, 15) is 4.21 Å². The lowest BCUT2D eigenvalue weighted by Gasteiger charge is -2.32. The molecule has 0 spiro atoms. The van der Waals surface area contributed by atoms with Crippen LogP contribution in [0.15, 0.2) is 18.2 Å². The van der Waals surface area contributed by atoms with Crippen molar-refractivity contribution in [2.24, 2.45) is 0 Å². The Morgan fingerprint density at radius 2 is 2.10 bits per heavy atom. The summed E-state index contributed by atoms with van der Waals surface area (Å²) in [6.07, 6.45) is 5.29. The van der Waals surface area contributed by atoms with Crippen molar-refractivity contribution >= 4 is 28.1 Å². The average molecular weight is 329 g/mol. The summed E-state index contributed by atoms with van der Waals surface area (Å²) in [6, 6.07) is 6.49. The van der Waals surface area contributed by atoms with Gasteiger partial charge in [-0.2, -0.15) is 0 Å². The lowest BCUT2D eigenvalue weighted by atomic mass is 10.0. The second-order valence-electron chi connectivity index (χ2n) is 5.78. The Morgan fingerprint density at radius 3 is 2.71 bits per heavy atom. The highest BCUT2D eigenvalue weighted by molar-refractivity contribution is 7.83. The third-order valence-electron chi connectivity index (χ3n) is 3.90. The predicted molar refractivity (Wildman–Crippen MR) is 92.6 cm³/mol. The van der Waals surface area contributed by atoms with Crippen LogP contribution < -0.4 is 5.32 Å². The SMILES string of the molecule is CCCN1CCC(Nc2ccc(Cl)c(C[S@@](C)=O)c2)CC1. The first-order chi connectivity index (χ1) is 10.1. The smallest absolute Gasteiger partial charge is 0.0498 e. The van der Waals surface area contributed by atoms with Crippen LogP contribution in [0.25, 0.3) is 0 Å². The molecule has 118 valence electrons. The number of nitrogens with zero attached hydrogens (tertiary/aromatic N) is 1. The van der Waals surface area contributed by atoms with Gasteiger partial charge in [0.05, 0.1) is 0 Å². The van der Waals surface area contributed by atoms with Crippen molar-refractivity contribution in [2.45, 2.75) is 38.0 Å². The minimum atomic E-state index is -0.868. The number of hydrogen-bond acceptors (Lipinski definition) is 3. The Kier molecular flexibility index (Phi) is 6.52. The first kappa shape index (κ1) is 16.8. The second-order valence-corrected chi connectivity index (χ2v) is 7.63. The number of benzene rings is 1. The summed E-state index contributed by atoms with van der Waals surface area (Å²) in [6.45, 7) is 5.78. The van der Waals surface area contributed by atoms with Gasteiger partial charge < -0.3 is 10.2 Å². The van der Waals surface area contributed by atoms with Crippen LogP contribution in [-0.4, -0.2) is 41.0 Å². The summed E-state index contributed by atoms with van der Waals surface area (Å²) in [4.78, 5) is 2.53. The minimum absolute atomic E-state index is 0.517. The van der Waals surface area contributed by atoms with Crippen LogP contribution in [0.2, 0.25) is 5.02 Å². The van der Waals surface area contributed by atoms with Crippen LogP contribution in [0, 0.1) is 0 Å². The number of rotatable bonds is 6. The zero-order valence-corrected chi connectivity index (χ0v) is 14.5. The van der Waals surface area contributed by atoms with E-state index in [4.69, 9.17) is 11.6 Å². The van der Waals surface area contributed by atoms with Gasteiger partial charge in [-0.25, -0.2) is 0 Å². The molecule has 0 saturated carbocycles. The van der Waals surface area contributed by atoms with E-state index in [-0.39, 0.29) is 0 Å². The summed E-state index contributed by atoms with van der Waals surface area (Å²) in [5, 5.41) is 4.30. The maximum absolute atomic E-state index is 11.4. The van der Waals surface area contributed by atoms with Crippen molar-refractivity contribution in [3.63, 3.8) is 0 Å². The molecule has 5 heteroatoms. The van der Waals surface area contributed by atoms with Crippen LogP contribution >= 0.6 is 11.6 Å². The van der Waals surface area contributed by atoms with Crippen molar-refractivity contribution in [2.75, 3.05) is 31.2 Å². The summed E-state index contributed by atoms with van der Waals surface area (Å²) < 4.78 is 11.4. The Hall–Kier alpha value is -0.580. The van der Waals surface area contributed by atoms with Gasteiger partial charge in [-0.3, -0.25) is 4.21 Å². The van der Waals surface area contributed by atoms with Crippen LogP contribution in [0.1, 0.15) is 31.7 Å². The largest absolute Gasteiger partial charge is 0.382 e. The molecule has 0 amide bonds. The quantitative estimate of drug-likeness (QED) is 0.867. The maximum atomic E-state index is 11.4. The first-order valence-electron chi connectivity index (χ1n) is 7.66. The van der Waals surface area contributed by atoms with Crippen molar-refractivity contribution in [3.05, 3.63) is 28.8 Å². The number of nitrogens with one attached hydrogen (secondary N) is 1. The monoisotopic (exact) mass is 328 g/mol. The molecular formula is C16H25ClN2OS. The molecular weight excluding hydrogens is 304 g/mol. The van der Waals surface area contributed by atoms with E-state index in [1.54, 1.807) is 6.26 Å². The lowest BCUT2D eigenvalue weighted by Crippen LogP contribution is -2.39. The van der Waals surface area contributed by atoms with Crippen LogP contribution in [-0.2, 0) is 16.6 Å². The fourth-order valence-electron chi connectivity index (χ4n) is 2.85. The molecule has 0 aliphatic carbocycles. The third-order valence-corrected chi connectivity index (χ3v) is 4.99. The van der Waals surface area contributed by atoms with E-state index in [0.717, 1.165) is 11.3 Å². The Labute approximate surface area is 135 Å². The summed E-state index contributed by atoms with van der Waals surface area (Å²) in [5.41, 5.74) is 2.06. The molecule has 0 radical (unpaired) electrons. The van der Waals surface area contributed by atoms with Crippen molar-refractivity contribution in [1.82, 2.24) is 4.90 Å². The van der Waals surface area contributed by atoms with Crippen molar-refractivity contribution < 1.29 is 4.21 Å². The molecule has 21 heavy (non-hydrogen) atoms. The number of piperidine rings is 1. The zero-order valence-electron chi connectivity index (χ0n) is 12.9. The highest BCUT2D eigenvalue weighted by Crippen LogP contribution is 2.24. The molecule has 0 bridgehead atoms. The number of halogens is 1. The molecule has 1 fully saturated rings. The Bertz CT molecular complexity index is 487. The van der Waals surface area contributed by atoms with E-state index in [1.807, 2.05) is 18.2 Å². The highest BCUT2D eigenvalue weighted by Gasteiger charge is 2.18. The molecule has 0 aromatic heterocycles. The van der Waals surface area contributed by atoms with E-state index >= 15 is 0 Å². The van der Waals surface area contributed by atoms with Crippen molar-refractivity contribution in [3.8, 4) is 0 Å². The molecule has 1 aromatic rings. The van der Waals surface area contributed by atoms with Gasteiger partial charge in [0, 0.05) is 52.6 Å². The molecule has 1 saturated heterocycles. The van der Waals surface area contributed by atoms with E-state index in [0.29, 0.717) is 16.8 Å². The minimum Gasteiger partial charge on any atom is -0.382 e. The molecule has 0 unspecified atom stereocenters. The summed E-state index contributed by atoms with van der Waals surface area (Å²) in [7, 11) is -0.868. The van der Waals surface area contributed by atoms with Gasteiger partial charge in [0.15, 0.2) is 0 Å². The molecule has 1 aromatic carbocycles. The number of likely N-dealkylation sites (tertiary alicyclic amines) is 1. The van der Waals surface area contributed by atoms with Crippen LogP contribution in [0.3, 0.4) is 0 Å². The molecule has 3 nitrogen and oxygen atoms in total. The van der Waals surface area contributed by atoms with Gasteiger partial charge in [0.2, 0.25) is 0 Å². The van der Waals surface area contributed by atoms with Gasteiger partial charge in [-0.05, 0) is 49.6 Å². The van der Waals surface area contributed by atoms with Crippen LogP contribution in [0.5, 0.6) is 0 Å². The first-order valence-corrected chi connectivity index (χ1v) is 9.76. The third kappa shape index (κ3) is 5.28. The second kappa shape index (κ2) is 8.16. The topological polar surface area (TPSA) is 32.3 Å². The zero-order chi connectivity index (χ0) is 15.2. The maximum Gasteiger partial charge on any atom is 0.0498 e. The lowest BCUT2D eigenvalue weighted by molar-refractivity contribution is 0.219. The molecule has 1 atom stereocenters. The Balaban J connectivity index is 1.93. The molecule has 1 heterocycles. The predicted octanol–water partition coefficient (Wildman–Crippen LogP) is 3.50. The van der Waals surface area contributed by atoms with Crippen molar-refractivity contribution in [1.29, 1.82) is 0 Å². The van der Waals surface area contributed by atoms with E-state index in [2.05, 4.69) is 17.1 Å². The van der Waals surface area contributed by atoms with Gasteiger partial charge in [-0.15, -0.1) is 0 Å². The van der Waals surface area contributed by atoms with Crippen LogP contribution in [0.4, 0.5) is 5.69 Å². The van der Waals surface area contributed by atoms with Gasteiger partial charge in [0.1, 0.15) is 0 Å². The van der Waals surface area contributed by atoms with E-state index < -0.39 is 10.8 Å². The van der Waals surface area contributed by atoms with Gasteiger partial charge >= 0.3 is 0 Å². The number of hydrogen-bond donors (Lipinski definition) is 1. The summed E-state index contributed by atoms with van der Waals surface area (Å²) in [5.74, 6) is 0.517. The average Bonchev–Trinajstić information content (AvgIpc) is 2.44. The summed E-state index contributed by atoms with van der Waals surface area (Å²) >= 11 is 6.17. The normalized spacial score (nSPS) is 18.6. The standard InChI is InChI=1S/C16H25ClN2OS/c1-3-8-19-9-6-14(7-10-19)18-15-4-5-16(17)13(11-15)12-21(2)20/h4-5,11,14,18H,3,6-10,12H2,1-2H3/t21-/m1/s1. The van der Waals surface area contributed by atoms with Gasteiger partial charge in [0.25, 0.3) is 0 Å². The number of anilines is 1. The van der Waals surface area contributed by atoms with Gasteiger partial charge in [-0.1, -0.05) is 18.5 Å². The molecule has 1 aliphatic heterocycles. The fraction of sp³-hybridized carbons (Fsp3) is 0.625. The highest BCUT2D eigenvalue weighted by atomic mass is 35.5.